The Morgan fingerprint density at radius 1 is 1.46 bits per heavy atom. The molecule has 0 bridgehead atoms. The summed E-state index contributed by atoms with van der Waals surface area (Å²) in [4.78, 5) is 11.3. The first-order chi connectivity index (χ1) is 5.71. The number of carbonyl (C=O) groups is 1. The van der Waals surface area contributed by atoms with E-state index in [0.29, 0.717) is 0 Å². The quantitative estimate of drug-likeness (QED) is 0.732. The Hall–Kier alpha value is -0.530. The molecule has 1 aliphatic carbocycles. The van der Waals surface area contributed by atoms with Gasteiger partial charge in [-0.25, -0.2) is 0 Å². The molecule has 0 heterocycles. The van der Waals surface area contributed by atoms with E-state index in [1.807, 2.05) is 0 Å². The van der Waals surface area contributed by atoms with Gasteiger partial charge in [0.2, 0.25) is 0 Å². The molecule has 2 nitrogen and oxygen atoms in total. The van der Waals surface area contributed by atoms with E-state index >= 15 is 0 Å². The lowest BCUT2D eigenvalue weighted by Gasteiger charge is -2.33. The summed E-state index contributed by atoms with van der Waals surface area (Å²) in [7, 11) is 0. The highest BCUT2D eigenvalue weighted by Crippen LogP contribution is 2.72. The second-order valence-electron chi connectivity index (χ2n) is 5.51. The van der Waals surface area contributed by atoms with Crippen LogP contribution in [0.2, 0.25) is 0 Å². The minimum atomic E-state index is -0.621. The van der Waals surface area contributed by atoms with Gasteiger partial charge in [0.15, 0.2) is 0 Å². The van der Waals surface area contributed by atoms with E-state index in [4.69, 9.17) is 0 Å². The van der Waals surface area contributed by atoms with E-state index in [2.05, 4.69) is 34.6 Å². The Bertz CT molecular complexity index is 240. The van der Waals surface area contributed by atoms with Crippen LogP contribution in [0.5, 0.6) is 0 Å². The van der Waals surface area contributed by atoms with Crippen LogP contribution in [-0.2, 0) is 4.79 Å². The molecule has 1 rings (SSSR count). The molecule has 0 amide bonds. The smallest absolute Gasteiger partial charge is 0.310 e. The number of hydrogen-bond donors (Lipinski definition) is 1. The molecule has 1 aliphatic rings. The summed E-state index contributed by atoms with van der Waals surface area (Å²) < 4.78 is 0. The zero-order valence-electron chi connectivity index (χ0n) is 9.27. The lowest BCUT2D eigenvalue weighted by Crippen LogP contribution is -2.36. The molecule has 76 valence electrons. The first kappa shape index (κ1) is 10.6. The van der Waals surface area contributed by atoms with Crippen molar-refractivity contribution in [2.24, 2.45) is 16.2 Å². The zero-order valence-corrected chi connectivity index (χ0v) is 9.27. The summed E-state index contributed by atoms with van der Waals surface area (Å²) >= 11 is 0. The van der Waals surface area contributed by atoms with Crippen molar-refractivity contribution < 1.29 is 9.90 Å². The van der Waals surface area contributed by atoms with Gasteiger partial charge >= 0.3 is 5.97 Å². The second kappa shape index (κ2) is 2.49. The molecule has 2 heteroatoms. The average Bonchev–Trinajstić information content (AvgIpc) is 2.56. The monoisotopic (exact) mass is 184 g/mol. The topological polar surface area (TPSA) is 37.3 Å². The van der Waals surface area contributed by atoms with Gasteiger partial charge in [0, 0.05) is 0 Å². The molecule has 0 saturated heterocycles. The number of hydrogen-bond acceptors (Lipinski definition) is 1. The highest BCUT2D eigenvalue weighted by Gasteiger charge is 2.72. The molecule has 1 saturated carbocycles. The lowest BCUT2D eigenvalue weighted by atomic mass is 9.70. The van der Waals surface area contributed by atoms with E-state index in [1.54, 1.807) is 0 Å². The van der Waals surface area contributed by atoms with E-state index in [9.17, 15) is 9.90 Å². The van der Waals surface area contributed by atoms with E-state index < -0.39 is 11.4 Å². The largest absolute Gasteiger partial charge is 0.481 e. The van der Waals surface area contributed by atoms with Crippen molar-refractivity contribution in [3.63, 3.8) is 0 Å². The third-order valence-corrected chi connectivity index (χ3v) is 4.14. The molecular weight excluding hydrogens is 164 g/mol. The fourth-order valence-electron chi connectivity index (χ4n) is 2.73. The first-order valence-corrected chi connectivity index (χ1v) is 4.95. The minimum Gasteiger partial charge on any atom is -0.481 e. The SMILES string of the molecule is CCC(C)(C)C1(C(=O)O)CC1(C)C. The molecule has 0 aliphatic heterocycles. The van der Waals surface area contributed by atoms with Crippen molar-refractivity contribution >= 4 is 5.97 Å². The highest BCUT2D eigenvalue weighted by atomic mass is 16.4. The van der Waals surface area contributed by atoms with Gasteiger partial charge in [-0.1, -0.05) is 34.6 Å². The van der Waals surface area contributed by atoms with Gasteiger partial charge in [-0.15, -0.1) is 0 Å². The molecule has 0 aromatic heterocycles. The fourth-order valence-corrected chi connectivity index (χ4v) is 2.73. The molecule has 0 spiro atoms. The number of aliphatic carboxylic acids is 1. The van der Waals surface area contributed by atoms with Crippen LogP contribution in [0.25, 0.3) is 0 Å². The van der Waals surface area contributed by atoms with Gasteiger partial charge < -0.3 is 5.11 Å². The van der Waals surface area contributed by atoms with Crippen LogP contribution >= 0.6 is 0 Å². The first-order valence-electron chi connectivity index (χ1n) is 4.95. The van der Waals surface area contributed by atoms with Crippen LogP contribution < -0.4 is 0 Å². The van der Waals surface area contributed by atoms with Crippen LogP contribution in [0.1, 0.15) is 47.5 Å². The Kier molecular flexibility index (Phi) is 2.02. The van der Waals surface area contributed by atoms with Gasteiger partial charge in [0.25, 0.3) is 0 Å². The van der Waals surface area contributed by atoms with Gasteiger partial charge in [-0.2, -0.15) is 0 Å². The molecule has 0 radical (unpaired) electrons. The van der Waals surface area contributed by atoms with Gasteiger partial charge in [-0.3, -0.25) is 4.79 Å². The van der Waals surface area contributed by atoms with Crippen molar-refractivity contribution in [2.75, 3.05) is 0 Å². The number of carboxylic acid groups (broad SMARTS) is 1. The molecule has 1 atom stereocenters. The predicted octanol–water partition coefficient (Wildman–Crippen LogP) is 2.92. The van der Waals surface area contributed by atoms with Gasteiger partial charge in [0.05, 0.1) is 5.41 Å². The maximum absolute atomic E-state index is 11.3. The molecule has 1 unspecified atom stereocenters. The maximum Gasteiger partial charge on any atom is 0.310 e. The summed E-state index contributed by atoms with van der Waals surface area (Å²) in [6.07, 6.45) is 1.74. The molecule has 1 N–H and O–H groups in total. The zero-order chi connectivity index (χ0) is 10.5. The molecular formula is C11H20O2. The average molecular weight is 184 g/mol. The summed E-state index contributed by atoms with van der Waals surface area (Å²) in [5.74, 6) is -0.621. The predicted molar refractivity (Wildman–Crippen MR) is 52.5 cm³/mol. The normalized spacial score (nSPS) is 31.5. The van der Waals surface area contributed by atoms with Gasteiger partial charge in [-0.05, 0) is 23.7 Å². The summed E-state index contributed by atoms with van der Waals surface area (Å²) in [5, 5.41) is 9.31. The van der Waals surface area contributed by atoms with Crippen LogP contribution in [0.15, 0.2) is 0 Å². The standard InChI is InChI=1S/C11H20O2/c1-6-9(2,3)11(8(12)13)7-10(11,4)5/h6-7H2,1-5H3,(H,12,13). The summed E-state index contributed by atoms with van der Waals surface area (Å²) in [6, 6.07) is 0. The maximum atomic E-state index is 11.3. The van der Waals surface area contributed by atoms with Crippen molar-refractivity contribution in [1.82, 2.24) is 0 Å². The highest BCUT2D eigenvalue weighted by molar-refractivity contribution is 5.81. The Labute approximate surface area is 80.3 Å². The molecule has 0 aromatic carbocycles. The number of carboxylic acids is 1. The molecule has 1 fully saturated rings. The van der Waals surface area contributed by atoms with Crippen molar-refractivity contribution in [2.45, 2.75) is 47.5 Å². The van der Waals surface area contributed by atoms with E-state index in [-0.39, 0.29) is 10.8 Å². The fraction of sp³-hybridized carbons (Fsp3) is 0.909. The Morgan fingerprint density at radius 3 is 1.92 bits per heavy atom. The van der Waals surface area contributed by atoms with Crippen LogP contribution in [0.4, 0.5) is 0 Å². The van der Waals surface area contributed by atoms with E-state index in [0.717, 1.165) is 12.8 Å². The third-order valence-electron chi connectivity index (χ3n) is 4.14. The van der Waals surface area contributed by atoms with Crippen LogP contribution in [-0.4, -0.2) is 11.1 Å². The summed E-state index contributed by atoms with van der Waals surface area (Å²) in [6.45, 7) is 10.3. The summed E-state index contributed by atoms with van der Waals surface area (Å²) in [5.41, 5.74) is -0.616. The van der Waals surface area contributed by atoms with Gasteiger partial charge in [0.1, 0.15) is 0 Å². The molecule has 13 heavy (non-hydrogen) atoms. The van der Waals surface area contributed by atoms with Crippen molar-refractivity contribution in [1.29, 1.82) is 0 Å². The molecule has 0 aromatic rings. The lowest BCUT2D eigenvalue weighted by molar-refractivity contribution is -0.150. The van der Waals surface area contributed by atoms with Crippen LogP contribution in [0, 0.1) is 16.2 Å². The Morgan fingerprint density at radius 2 is 1.85 bits per heavy atom. The van der Waals surface area contributed by atoms with Crippen molar-refractivity contribution in [3.05, 3.63) is 0 Å². The van der Waals surface area contributed by atoms with Crippen molar-refractivity contribution in [3.8, 4) is 0 Å². The third kappa shape index (κ3) is 1.11. The number of rotatable bonds is 3. The minimum absolute atomic E-state index is 0.0294. The van der Waals surface area contributed by atoms with E-state index in [1.165, 1.54) is 0 Å². The van der Waals surface area contributed by atoms with Crippen LogP contribution in [0.3, 0.4) is 0 Å². The second-order valence-corrected chi connectivity index (χ2v) is 5.51. The Balaban J connectivity index is 3.05.